The first-order valence-electron chi connectivity index (χ1n) is 7.52. The van der Waals surface area contributed by atoms with Crippen LogP contribution in [0.4, 0.5) is 10.5 Å². The van der Waals surface area contributed by atoms with Crippen LogP contribution in [0.2, 0.25) is 0 Å². The van der Waals surface area contributed by atoms with Crippen molar-refractivity contribution in [2.24, 2.45) is 0 Å². The Hall–Kier alpha value is -1.20. The molecule has 1 aliphatic carbocycles. The number of hydrogen-bond donors (Lipinski definition) is 3. The van der Waals surface area contributed by atoms with Gasteiger partial charge >= 0.3 is 6.03 Å². The first-order chi connectivity index (χ1) is 10.2. The SMILES string of the molecule is CSC[C@@H](CCO)NC(=O)Nc1cccc2c1CCCC2. The molecular weight excluding hydrogens is 284 g/mol. The van der Waals surface area contributed by atoms with Crippen LogP contribution in [0.15, 0.2) is 18.2 Å². The van der Waals surface area contributed by atoms with Gasteiger partial charge in [-0.25, -0.2) is 4.79 Å². The lowest BCUT2D eigenvalue weighted by Crippen LogP contribution is -2.40. The van der Waals surface area contributed by atoms with E-state index in [1.54, 1.807) is 11.8 Å². The lowest BCUT2D eigenvalue weighted by Gasteiger charge is -2.21. The Morgan fingerprint density at radius 3 is 2.95 bits per heavy atom. The lowest BCUT2D eigenvalue weighted by molar-refractivity contribution is 0.241. The molecule has 3 N–H and O–H groups in total. The van der Waals surface area contributed by atoms with E-state index >= 15 is 0 Å². The number of carbonyl (C=O) groups is 1. The van der Waals surface area contributed by atoms with Gasteiger partial charge in [-0.2, -0.15) is 11.8 Å². The van der Waals surface area contributed by atoms with Crippen LogP contribution in [-0.4, -0.2) is 35.8 Å². The minimum atomic E-state index is -0.179. The summed E-state index contributed by atoms with van der Waals surface area (Å²) in [5.74, 6) is 0.806. The maximum atomic E-state index is 12.1. The Morgan fingerprint density at radius 1 is 1.38 bits per heavy atom. The zero-order valence-electron chi connectivity index (χ0n) is 12.5. The fourth-order valence-electron chi connectivity index (χ4n) is 2.80. The number of nitrogens with one attached hydrogen (secondary N) is 2. The standard InChI is InChI=1S/C16H24N2O2S/c1-21-11-13(9-10-19)17-16(20)18-15-8-4-6-12-5-2-3-7-14(12)15/h4,6,8,13,19H,2-3,5,7,9-11H2,1H3,(H2,17,18,20)/t13-/m1/s1. The van der Waals surface area contributed by atoms with Crippen LogP contribution in [0.25, 0.3) is 0 Å². The number of aliphatic hydroxyl groups excluding tert-OH is 1. The van der Waals surface area contributed by atoms with Gasteiger partial charge in [0.15, 0.2) is 0 Å². The molecule has 0 bridgehead atoms. The van der Waals surface area contributed by atoms with Crippen molar-refractivity contribution in [1.82, 2.24) is 5.32 Å². The zero-order valence-corrected chi connectivity index (χ0v) is 13.3. The van der Waals surface area contributed by atoms with Gasteiger partial charge in [0.25, 0.3) is 0 Å². The smallest absolute Gasteiger partial charge is 0.319 e. The maximum Gasteiger partial charge on any atom is 0.319 e. The lowest BCUT2D eigenvalue weighted by atomic mass is 9.90. The van der Waals surface area contributed by atoms with Crippen molar-refractivity contribution in [3.63, 3.8) is 0 Å². The summed E-state index contributed by atoms with van der Waals surface area (Å²) in [6, 6.07) is 5.96. The van der Waals surface area contributed by atoms with Crippen molar-refractivity contribution in [2.75, 3.05) is 23.9 Å². The molecule has 1 aromatic carbocycles. The van der Waals surface area contributed by atoms with Gasteiger partial charge in [-0.3, -0.25) is 0 Å². The molecule has 116 valence electrons. The molecule has 4 nitrogen and oxygen atoms in total. The van der Waals surface area contributed by atoms with Crippen LogP contribution < -0.4 is 10.6 Å². The molecule has 0 unspecified atom stereocenters. The summed E-state index contributed by atoms with van der Waals surface area (Å²) in [6.07, 6.45) is 7.14. The Kier molecular flexibility index (Phi) is 6.39. The quantitative estimate of drug-likeness (QED) is 0.757. The molecule has 1 aromatic rings. The molecule has 21 heavy (non-hydrogen) atoms. The highest BCUT2D eigenvalue weighted by Crippen LogP contribution is 2.27. The number of amides is 2. The molecule has 0 heterocycles. The first-order valence-corrected chi connectivity index (χ1v) is 8.92. The summed E-state index contributed by atoms with van der Waals surface area (Å²) < 4.78 is 0. The fraction of sp³-hybridized carbons (Fsp3) is 0.562. The van der Waals surface area contributed by atoms with E-state index in [-0.39, 0.29) is 18.7 Å². The van der Waals surface area contributed by atoms with E-state index < -0.39 is 0 Å². The van der Waals surface area contributed by atoms with E-state index in [4.69, 9.17) is 5.11 Å². The highest BCUT2D eigenvalue weighted by molar-refractivity contribution is 7.98. The van der Waals surface area contributed by atoms with Gasteiger partial charge < -0.3 is 15.7 Å². The second-order valence-electron chi connectivity index (χ2n) is 5.41. The number of rotatable bonds is 6. The van der Waals surface area contributed by atoms with E-state index in [1.165, 1.54) is 24.0 Å². The predicted octanol–water partition coefficient (Wildman–Crippen LogP) is 2.80. The van der Waals surface area contributed by atoms with E-state index in [0.717, 1.165) is 24.3 Å². The Bertz CT molecular complexity index is 473. The molecule has 1 atom stereocenters. The summed E-state index contributed by atoms with van der Waals surface area (Å²) >= 11 is 1.67. The molecular formula is C16H24N2O2S. The highest BCUT2D eigenvalue weighted by atomic mass is 32.2. The summed E-state index contributed by atoms with van der Waals surface area (Å²) in [4.78, 5) is 12.1. The monoisotopic (exact) mass is 308 g/mol. The normalized spacial score (nSPS) is 15.1. The van der Waals surface area contributed by atoms with Gasteiger partial charge in [0.05, 0.1) is 0 Å². The third kappa shape index (κ3) is 4.64. The third-order valence-corrected chi connectivity index (χ3v) is 4.56. The van der Waals surface area contributed by atoms with Crippen molar-refractivity contribution in [1.29, 1.82) is 0 Å². The molecule has 0 saturated heterocycles. The van der Waals surface area contributed by atoms with Crippen molar-refractivity contribution in [2.45, 2.75) is 38.1 Å². The summed E-state index contributed by atoms with van der Waals surface area (Å²) in [5.41, 5.74) is 3.56. The number of urea groups is 1. The molecule has 0 fully saturated rings. The number of fused-ring (bicyclic) bond motifs is 1. The molecule has 0 saturated carbocycles. The van der Waals surface area contributed by atoms with E-state index in [2.05, 4.69) is 16.7 Å². The minimum absolute atomic E-state index is 0.00420. The number of aliphatic hydroxyl groups is 1. The molecule has 0 aromatic heterocycles. The summed E-state index contributed by atoms with van der Waals surface area (Å²) in [5, 5.41) is 15.0. The van der Waals surface area contributed by atoms with Crippen LogP contribution >= 0.6 is 11.8 Å². The van der Waals surface area contributed by atoms with Gasteiger partial charge in [0.2, 0.25) is 0 Å². The van der Waals surface area contributed by atoms with E-state index in [1.807, 2.05) is 18.4 Å². The third-order valence-electron chi connectivity index (χ3n) is 3.82. The fourth-order valence-corrected chi connectivity index (χ4v) is 3.45. The number of anilines is 1. The minimum Gasteiger partial charge on any atom is -0.396 e. The second-order valence-corrected chi connectivity index (χ2v) is 6.32. The molecule has 1 aliphatic rings. The van der Waals surface area contributed by atoms with Gasteiger partial charge in [-0.05, 0) is 55.6 Å². The maximum absolute atomic E-state index is 12.1. The summed E-state index contributed by atoms with van der Waals surface area (Å²) in [6.45, 7) is 0.0895. The number of aryl methyl sites for hydroxylation is 1. The van der Waals surface area contributed by atoms with Gasteiger partial charge in [0, 0.05) is 24.1 Å². The van der Waals surface area contributed by atoms with Crippen molar-refractivity contribution < 1.29 is 9.90 Å². The molecule has 5 heteroatoms. The molecule has 2 rings (SSSR count). The second kappa shape index (κ2) is 8.29. The first kappa shape index (κ1) is 16.2. The van der Waals surface area contributed by atoms with Crippen LogP contribution in [0.3, 0.4) is 0 Å². The van der Waals surface area contributed by atoms with Crippen LogP contribution in [0.5, 0.6) is 0 Å². The Balaban J connectivity index is 1.99. The highest BCUT2D eigenvalue weighted by Gasteiger charge is 2.16. The number of hydrogen-bond acceptors (Lipinski definition) is 3. The average Bonchev–Trinajstić information content (AvgIpc) is 2.48. The van der Waals surface area contributed by atoms with Crippen molar-refractivity contribution in [3.8, 4) is 0 Å². The zero-order chi connectivity index (χ0) is 15.1. The van der Waals surface area contributed by atoms with Gasteiger partial charge in [-0.15, -0.1) is 0 Å². The molecule has 2 amide bonds. The molecule has 0 radical (unpaired) electrons. The van der Waals surface area contributed by atoms with E-state index in [9.17, 15) is 4.79 Å². The van der Waals surface area contributed by atoms with Crippen LogP contribution in [0.1, 0.15) is 30.4 Å². The Morgan fingerprint density at radius 2 is 2.19 bits per heavy atom. The Labute approximate surface area is 130 Å². The van der Waals surface area contributed by atoms with Crippen molar-refractivity contribution in [3.05, 3.63) is 29.3 Å². The number of benzene rings is 1. The predicted molar refractivity (Wildman–Crippen MR) is 89.1 cm³/mol. The topological polar surface area (TPSA) is 61.4 Å². The largest absolute Gasteiger partial charge is 0.396 e. The number of carbonyl (C=O) groups excluding carboxylic acids is 1. The van der Waals surface area contributed by atoms with Crippen LogP contribution in [-0.2, 0) is 12.8 Å². The van der Waals surface area contributed by atoms with Gasteiger partial charge in [-0.1, -0.05) is 12.1 Å². The van der Waals surface area contributed by atoms with Crippen molar-refractivity contribution >= 4 is 23.5 Å². The summed E-state index contributed by atoms with van der Waals surface area (Å²) in [7, 11) is 0. The van der Waals surface area contributed by atoms with E-state index in [0.29, 0.717) is 6.42 Å². The molecule has 0 spiro atoms. The van der Waals surface area contributed by atoms with Gasteiger partial charge in [0.1, 0.15) is 0 Å². The molecule has 0 aliphatic heterocycles. The van der Waals surface area contributed by atoms with Crippen LogP contribution in [0, 0.1) is 0 Å². The average molecular weight is 308 g/mol. The number of thioether (sulfide) groups is 1.